The molecule has 0 saturated carbocycles. The Morgan fingerprint density at radius 1 is 1.29 bits per heavy atom. The molecule has 2 heterocycles. The van der Waals surface area contributed by atoms with Crippen LogP contribution in [0.3, 0.4) is 0 Å². The molecule has 21 heavy (non-hydrogen) atoms. The Bertz CT molecular complexity index is 895. The largest absolute Gasteiger partial charge is 0.272 e. The molecule has 1 N–H and O–H groups in total. The van der Waals surface area contributed by atoms with Crippen molar-refractivity contribution in [3.63, 3.8) is 0 Å². The molecule has 0 aliphatic heterocycles. The molecule has 0 aliphatic rings. The second-order valence-electron chi connectivity index (χ2n) is 3.77. The molecule has 12 heteroatoms. The molecule has 0 bridgehead atoms. The van der Waals surface area contributed by atoms with Crippen LogP contribution in [-0.4, -0.2) is 26.8 Å². The highest BCUT2D eigenvalue weighted by Gasteiger charge is 2.22. The summed E-state index contributed by atoms with van der Waals surface area (Å²) >= 11 is 3.76. The first-order valence-corrected chi connectivity index (χ1v) is 10.6. The van der Waals surface area contributed by atoms with Crippen molar-refractivity contribution in [3.8, 4) is 0 Å². The molecular weight excluding hydrogens is 426 g/mol. The van der Waals surface area contributed by atoms with Crippen LogP contribution in [0.1, 0.15) is 5.69 Å². The summed E-state index contributed by atoms with van der Waals surface area (Å²) < 4.78 is 49.3. The lowest BCUT2D eigenvalue weighted by Gasteiger charge is -2.04. The van der Waals surface area contributed by atoms with Gasteiger partial charge in [-0.2, -0.15) is 0 Å². The van der Waals surface area contributed by atoms with Crippen LogP contribution in [0.15, 0.2) is 32.0 Å². The van der Waals surface area contributed by atoms with E-state index in [-0.39, 0.29) is 19.9 Å². The predicted molar refractivity (Wildman–Crippen MR) is 82.6 cm³/mol. The third kappa shape index (κ3) is 3.92. The molecule has 0 atom stereocenters. The lowest BCUT2D eigenvalue weighted by Crippen LogP contribution is -2.13. The maximum absolute atomic E-state index is 12.1. The van der Waals surface area contributed by atoms with Crippen molar-refractivity contribution in [2.75, 3.05) is 4.72 Å². The van der Waals surface area contributed by atoms with E-state index < -0.39 is 19.1 Å². The number of rotatable bonds is 4. The fourth-order valence-corrected chi connectivity index (χ4v) is 5.46. The summed E-state index contributed by atoms with van der Waals surface area (Å²) in [5.41, 5.74) is 0.125. The third-order valence-electron chi connectivity index (χ3n) is 2.19. The number of halogens is 2. The first-order valence-electron chi connectivity index (χ1n) is 5.15. The topological polar surface area (TPSA) is 106 Å². The minimum Gasteiger partial charge on any atom is -0.262 e. The van der Waals surface area contributed by atoms with Crippen molar-refractivity contribution in [1.29, 1.82) is 0 Å². The minimum atomic E-state index is -3.97. The van der Waals surface area contributed by atoms with E-state index >= 15 is 0 Å². The molecule has 2 aromatic rings. The van der Waals surface area contributed by atoms with Gasteiger partial charge in [0.1, 0.15) is 4.90 Å². The average molecular weight is 433 g/mol. The molecule has 7 nitrogen and oxygen atoms in total. The van der Waals surface area contributed by atoms with Gasteiger partial charge in [0.2, 0.25) is 0 Å². The van der Waals surface area contributed by atoms with Gasteiger partial charge < -0.3 is 0 Å². The third-order valence-corrected chi connectivity index (χ3v) is 7.31. The van der Waals surface area contributed by atoms with E-state index in [1.165, 1.54) is 19.2 Å². The monoisotopic (exact) mass is 431 g/mol. The zero-order chi connectivity index (χ0) is 15.8. The zero-order valence-corrected chi connectivity index (χ0v) is 15.0. The van der Waals surface area contributed by atoms with E-state index in [4.69, 9.17) is 10.7 Å². The number of anilines is 1. The number of nitrogens with zero attached hydrogens (tertiary/aromatic N) is 2. The molecule has 2 aromatic heterocycles. The van der Waals surface area contributed by atoms with Gasteiger partial charge in [0.25, 0.3) is 19.1 Å². The van der Waals surface area contributed by atoms with Gasteiger partial charge in [0, 0.05) is 27.5 Å². The van der Waals surface area contributed by atoms with E-state index in [2.05, 4.69) is 30.6 Å². The first kappa shape index (κ1) is 16.6. The Balaban J connectivity index is 2.38. The van der Waals surface area contributed by atoms with Crippen LogP contribution < -0.4 is 4.72 Å². The molecule has 0 saturated heterocycles. The van der Waals surface area contributed by atoms with Gasteiger partial charge >= 0.3 is 0 Å². The number of aromatic nitrogens is 2. The summed E-state index contributed by atoms with van der Waals surface area (Å²) in [5.74, 6) is 0. The molecule has 0 amide bonds. The lowest BCUT2D eigenvalue weighted by molar-refractivity contribution is 0.600. The standard InChI is InChI=1S/C9H7BrClN3O4S3/c1-5-8(20(11,15)16)19-9(13-5)14-21(17,18)7-2-6(10)3-12-4-7/h2-4H,1H3,(H,13,14). The summed E-state index contributed by atoms with van der Waals surface area (Å²) in [7, 11) is -2.65. The van der Waals surface area contributed by atoms with Crippen molar-refractivity contribution in [2.45, 2.75) is 16.0 Å². The van der Waals surface area contributed by atoms with Crippen molar-refractivity contribution in [3.05, 3.63) is 28.6 Å². The Hall–Kier alpha value is -0.750. The Kier molecular flexibility index (Phi) is 4.59. The SMILES string of the molecule is Cc1nc(NS(=O)(=O)c2cncc(Br)c2)sc1S(=O)(=O)Cl. The van der Waals surface area contributed by atoms with E-state index in [0.29, 0.717) is 15.8 Å². The van der Waals surface area contributed by atoms with E-state index in [1.807, 2.05) is 0 Å². The molecule has 0 aliphatic carbocycles. The van der Waals surface area contributed by atoms with Gasteiger partial charge in [0.05, 0.1) is 5.69 Å². The number of sulfonamides is 1. The second kappa shape index (κ2) is 5.80. The number of hydrogen-bond donors (Lipinski definition) is 1. The lowest BCUT2D eigenvalue weighted by atomic mass is 10.5. The highest BCUT2D eigenvalue weighted by atomic mass is 79.9. The molecule has 0 aromatic carbocycles. The summed E-state index contributed by atoms with van der Waals surface area (Å²) in [5, 5.41) is -0.0910. The molecule has 0 spiro atoms. The van der Waals surface area contributed by atoms with E-state index in [9.17, 15) is 16.8 Å². The summed E-state index contributed by atoms with van der Waals surface area (Å²) in [6, 6.07) is 1.36. The highest BCUT2D eigenvalue weighted by Crippen LogP contribution is 2.31. The smallest absolute Gasteiger partial charge is 0.262 e. The Labute approximate surface area is 138 Å². The normalized spacial score (nSPS) is 12.3. The average Bonchev–Trinajstić information content (AvgIpc) is 2.69. The maximum atomic E-state index is 12.1. The van der Waals surface area contributed by atoms with Gasteiger partial charge in [-0.3, -0.25) is 9.71 Å². The molecule has 2 rings (SSSR count). The summed E-state index contributed by atoms with van der Waals surface area (Å²) in [6.45, 7) is 1.42. The van der Waals surface area contributed by atoms with Crippen LogP contribution >= 0.6 is 37.9 Å². The van der Waals surface area contributed by atoms with Crippen LogP contribution in [0.4, 0.5) is 5.13 Å². The molecule has 0 radical (unpaired) electrons. The van der Waals surface area contributed by atoms with Crippen LogP contribution in [0, 0.1) is 6.92 Å². The Morgan fingerprint density at radius 2 is 1.95 bits per heavy atom. The highest BCUT2D eigenvalue weighted by molar-refractivity contribution is 9.10. The van der Waals surface area contributed by atoms with Crippen molar-refractivity contribution in [2.24, 2.45) is 0 Å². The van der Waals surface area contributed by atoms with Crippen LogP contribution in [0.2, 0.25) is 0 Å². The molecule has 114 valence electrons. The van der Waals surface area contributed by atoms with Crippen LogP contribution in [0.25, 0.3) is 0 Å². The molecule has 0 fully saturated rings. The van der Waals surface area contributed by atoms with E-state index in [1.54, 1.807) is 0 Å². The molecule has 0 unspecified atom stereocenters. The predicted octanol–water partition coefficient (Wildman–Crippen LogP) is 2.34. The van der Waals surface area contributed by atoms with Crippen molar-refractivity contribution in [1.82, 2.24) is 9.97 Å². The minimum absolute atomic E-state index is 0.0833. The van der Waals surface area contributed by atoms with Gasteiger partial charge in [0.15, 0.2) is 9.34 Å². The van der Waals surface area contributed by atoms with Gasteiger partial charge in [-0.1, -0.05) is 11.3 Å². The summed E-state index contributed by atoms with van der Waals surface area (Å²) in [4.78, 5) is 7.51. The van der Waals surface area contributed by atoms with Crippen LogP contribution in [0.5, 0.6) is 0 Å². The van der Waals surface area contributed by atoms with Crippen molar-refractivity contribution < 1.29 is 16.8 Å². The number of pyridine rings is 1. The van der Waals surface area contributed by atoms with Gasteiger partial charge in [-0.15, -0.1) is 0 Å². The quantitative estimate of drug-likeness (QED) is 0.743. The first-order chi connectivity index (χ1) is 9.59. The van der Waals surface area contributed by atoms with Crippen molar-refractivity contribution >= 4 is 62.2 Å². The maximum Gasteiger partial charge on any atom is 0.272 e. The number of thiazole rings is 1. The second-order valence-corrected chi connectivity index (χ2v) is 10.1. The number of nitrogens with one attached hydrogen (secondary N) is 1. The number of aryl methyl sites for hydroxylation is 1. The fraction of sp³-hybridized carbons (Fsp3) is 0.111. The fourth-order valence-electron chi connectivity index (χ4n) is 1.37. The Morgan fingerprint density at radius 3 is 2.48 bits per heavy atom. The van der Waals surface area contributed by atoms with Crippen LogP contribution in [-0.2, 0) is 19.1 Å². The zero-order valence-electron chi connectivity index (χ0n) is 10.2. The summed E-state index contributed by atoms with van der Waals surface area (Å²) in [6.07, 6.45) is 2.59. The number of hydrogen-bond acceptors (Lipinski definition) is 7. The van der Waals surface area contributed by atoms with Gasteiger partial charge in [-0.25, -0.2) is 21.8 Å². The van der Waals surface area contributed by atoms with E-state index in [0.717, 1.165) is 6.20 Å². The molecular formula is C9H7BrClN3O4S3. The van der Waals surface area contributed by atoms with Gasteiger partial charge in [-0.05, 0) is 28.9 Å².